The van der Waals surface area contributed by atoms with Crippen LogP contribution in [0, 0.1) is 5.92 Å². The molecule has 3 rings (SSSR count). The molecule has 1 aliphatic carbocycles. The van der Waals surface area contributed by atoms with Crippen LogP contribution in [0.5, 0.6) is 5.75 Å². The molecule has 0 aromatic heterocycles. The van der Waals surface area contributed by atoms with Gasteiger partial charge in [-0.15, -0.1) is 0 Å². The van der Waals surface area contributed by atoms with E-state index in [0.717, 1.165) is 32.2 Å². The highest BCUT2D eigenvalue weighted by Gasteiger charge is 2.27. The lowest BCUT2D eigenvalue weighted by Crippen LogP contribution is -2.45. The van der Waals surface area contributed by atoms with Crippen molar-refractivity contribution >= 4 is 17.6 Å². The third-order valence-corrected chi connectivity index (χ3v) is 6.70. The molecule has 0 spiro atoms. The molecule has 3 amide bonds. The summed E-state index contributed by atoms with van der Waals surface area (Å²) in [5, 5.41) is 5.89. The summed E-state index contributed by atoms with van der Waals surface area (Å²) in [6, 6.07) is 5.40. The number of anilines is 1. The first kappa shape index (κ1) is 24.3. The van der Waals surface area contributed by atoms with Gasteiger partial charge in [-0.25, -0.2) is 4.79 Å². The molecular weight excluding hydrogens is 408 g/mol. The molecule has 2 aliphatic rings. The molecule has 0 bridgehead atoms. The molecule has 8 heteroatoms. The van der Waals surface area contributed by atoms with Crippen LogP contribution in [0.4, 0.5) is 10.5 Å². The van der Waals surface area contributed by atoms with Gasteiger partial charge in [0, 0.05) is 45.0 Å². The van der Waals surface area contributed by atoms with Gasteiger partial charge >= 0.3 is 6.03 Å². The summed E-state index contributed by atoms with van der Waals surface area (Å²) < 4.78 is 11.8. The highest BCUT2D eigenvalue weighted by molar-refractivity contribution is 5.99. The van der Waals surface area contributed by atoms with Crippen LogP contribution in [-0.2, 0) is 4.74 Å². The molecule has 8 nitrogen and oxygen atoms in total. The third-order valence-electron chi connectivity index (χ3n) is 6.70. The number of benzene rings is 1. The maximum atomic E-state index is 13.3. The van der Waals surface area contributed by atoms with Crippen molar-refractivity contribution in [2.75, 3.05) is 46.2 Å². The summed E-state index contributed by atoms with van der Waals surface area (Å²) >= 11 is 0. The Kier molecular flexibility index (Phi) is 8.37. The van der Waals surface area contributed by atoms with E-state index in [1.807, 2.05) is 0 Å². The average Bonchev–Trinajstić information content (AvgIpc) is 3.27. The smallest absolute Gasteiger partial charge is 0.319 e. The van der Waals surface area contributed by atoms with Crippen LogP contribution in [0.25, 0.3) is 0 Å². The van der Waals surface area contributed by atoms with Crippen molar-refractivity contribution in [3.8, 4) is 5.75 Å². The summed E-state index contributed by atoms with van der Waals surface area (Å²) in [4.78, 5) is 29.7. The van der Waals surface area contributed by atoms with E-state index in [9.17, 15) is 9.59 Å². The van der Waals surface area contributed by atoms with Gasteiger partial charge in [-0.05, 0) is 50.9 Å². The first-order valence-corrected chi connectivity index (χ1v) is 11.6. The summed E-state index contributed by atoms with van der Waals surface area (Å²) in [6.45, 7) is 6.02. The number of amides is 3. The van der Waals surface area contributed by atoms with Crippen LogP contribution in [0.1, 0.15) is 49.9 Å². The standard InChI is InChI=1S/C24H38N4O4/c1-16-13-27(3)17(2)15-32-21-11-10-19(26-24(30)25-18-8-6-7-9-18)12-20(21)23(29)28(4)14-22(16)31-5/h10-12,16-18,22H,6-9,13-15H2,1-5H3,(H2,25,26,30)/t16-,17+,22-/m1/s1. The summed E-state index contributed by atoms with van der Waals surface area (Å²) in [5.74, 6) is 0.607. The number of carbonyl (C=O) groups is 2. The number of nitrogens with zero attached hydrogens (tertiary/aromatic N) is 2. The van der Waals surface area contributed by atoms with E-state index < -0.39 is 0 Å². The van der Waals surface area contributed by atoms with E-state index in [-0.39, 0.29) is 36.0 Å². The van der Waals surface area contributed by atoms with Gasteiger partial charge in [0.15, 0.2) is 0 Å². The summed E-state index contributed by atoms with van der Waals surface area (Å²) in [5.41, 5.74) is 1.00. The second-order valence-corrected chi connectivity index (χ2v) is 9.33. The van der Waals surface area contributed by atoms with Gasteiger partial charge in [0.25, 0.3) is 5.91 Å². The van der Waals surface area contributed by atoms with Gasteiger partial charge in [-0.1, -0.05) is 19.8 Å². The van der Waals surface area contributed by atoms with Crippen molar-refractivity contribution < 1.29 is 19.1 Å². The molecule has 1 fully saturated rings. The van der Waals surface area contributed by atoms with Crippen molar-refractivity contribution in [2.45, 2.75) is 57.7 Å². The summed E-state index contributed by atoms with van der Waals surface area (Å²) in [7, 11) is 5.54. The van der Waals surface area contributed by atoms with Crippen LogP contribution in [0.2, 0.25) is 0 Å². The lowest BCUT2D eigenvalue weighted by Gasteiger charge is -2.34. The van der Waals surface area contributed by atoms with Crippen LogP contribution >= 0.6 is 0 Å². The van der Waals surface area contributed by atoms with E-state index >= 15 is 0 Å². The molecule has 1 aromatic carbocycles. The van der Waals surface area contributed by atoms with E-state index in [1.54, 1.807) is 37.3 Å². The quantitative estimate of drug-likeness (QED) is 0.745. The van der Waals surface area contributed by atoms with E-state index in [4.69, 9.17) is 9.47 Å². The monoisotopic (exact) mass is 446 g/mol. The molecule has 32 heavy (non-hydrogen) atoms. The Morgan fingerprint density at radius 3 is 2.56 bits per heavy atom. The van der Waals surface area contributed by atoms with Crippen molar-refractivity contribution in [1.82, 2.24) is 15.1 Å². The molecule has 0 unspecified atom stereocenters. The molecular formula is C24H38N4O4. The minimum absolute atomic E-state index is 0.0825. The topological polar surface area (TPSA) is 83.1 Å². The Morgan fingerprint density at radius 2 is 1.88 bits per heavy atom. The highest BCUT2D eigenvalue weighted by atomic mass is 16.5. The number of carbonyl (C=O) groups excluding carboxylic acids is 2. The fourth-order valence-electron chi connectivity index (χ4n) is 4.46. The lowest BCUT2D eigenvalue weighted by atomic mass is 10.0. The first-order valence-electron chi connectivity index (χ1n) is 11.6. The molecule has 3 atom stereocenters. The highest BCUT2D eigenvalue weighted by Crippen LogP contribution is 2.26. The molecule has 0 radical (unpaired) electrons. The molecule has 178 valence electrons. The summed E-state index contributed by atoms with van der Waals surface area (Å²) in [6.07, 6.45) is 4.25. The van der Waals surface area contributed by atoms with Crippen molar-refractivity contribution in [3.05, 3.63) is 23.8 Å². The largest absolute Gasteiger partial charge is 0.491 e. The number of urea groups is 1. The zero-order valence-electron chi connectivity index (χ0n) is 20.0. The van der Waals surface area contributed by atoms with Gasteiger partial charge in [-0.3, -0.25) is 9.69 Å². The van der Waals surface area contributed by atoms with Crippen LogP contribution in [0.3, 0.4) is 0 Å². The van der Waals surface area contributed by atoms with Crippen molar-refractivity contribution in [2.24, 2.45) is 5.92 Å². The second-order valence-electron chi connectivity index (χ2n) is 9.33. The number of hydrogen-bond acceptors (Lipinski definition) is 5. The molecule has 2 N–H and O–H groups in total. The van der Waals surface area contributed by atoms with Crippen LogP contribution < -0.4 is 15.4 Å². The van der Waals surface area contributed by atoms with E-state index in [1.165, 1.54) is 0 Å². The van der Waals surface area contributed by atoms with Crippen molar-refractivity contribution in [1.29, 1.82) is 0 Å². The normalized spacial score (nSPS) is 26.0. The minimum Gasteiger partial charge on any atom is -0.491 e. The fourth-order valence-corrected chi connectivity index (χ4v) is 4.46. The predicted molar refractivity (Wildman–Crippen MR) is 125 cm³/mol. The number of nitrogens with one attached hydrogen (secondary N) is 2. The van der Waals surface area contributed by atoms with Crippen molar-refractivity contribution in [3.63, 3.8) is 0 Å². The molecule has 1 aliphatic heterocycles. The third kappa shape index (κ3) is 6.13. The Bertz CT molecular complexity index is 796. The molecule has 1 saturated carbocycles. The predicted octanol–water partition coefficient (Wildman–Crippen LogP) is 3.19. The van der Waals surface area contributed by atoms with Crippen LogP contribution in [-0.4, -0.2) is 80.8 Å². The Balaban J connectivity index is 1.82. The van der Waals surface area contributed by atoms with Gasteiger partial charge in [0.1, 0.15) is 12.4 Å². The Labute approximate surface area is 191 Å². The number of methoxy groups -OCH3 is 1. The zero-order valence-corrected chi connectivity index (χ0v) is 20.0. The maximum Gasteiger partial charge on any atom is 0.319 e. The average molecular weight is 447 g/mol. The fraction of sp³-hybridized carbons (Fsp3) is 0.667. The van der Waals surface area contributed by atoms with Gasteiger partial charge in [0.2, 0.25) is 0 Å². The maximum absolute atomic E-state index is 13.3. The number of ether oxygens (including phenoxy) is 2. The van der Waals surface area contributed by atoms with Crippen LogP contribution in [0.15, 0.2) is 18.2 Å². The Morgan fingerprint density at radius 1 is 1.16 bits per heavy atom. The van der Waals surface area contributed by atoms with Gasteiger partial charge in [0.05, 0.1) is 11.7 Å². The van der Waals surface area contributed by atoms with Gasteiger partial charge in [-0.2, -0.15) is 0 Å². The molecule has 1 aromatic rings. The molecule has 0 saturated heterocycles. The molecule has 1 heterocycles. The zero-order chi connectivity index (χ0) is 23.3. The SMILES string of the molecule is CO[C@@H]1CN(C)C(=O)c2cc(NC(=O)NC3CCCC3)ccc2OC[C@H](C)N(C)C[C@H]1C. The Hall–Kier alpha value is -2.32. The van der Waals surface area contributed by atoms with Gasteiger partial charge < -0.3 is 25.0 Å². The first-order chi connectivity index (χ1) is 15.3. The van der Waals surface area contributed by atoms with E-state index in [2.05, 4.69) is 36.4 Å². The van der Waals surface area contributed by atoms with E-state index in [0.29, 0.717) is 30.2 Å². The lowest BCUT2D eigenvalue weighted by molar-refractivity contribution is 0.0150. The number of rotatable bonds is 3. The second kappa shape index (κ2) is 11.0. The number of likely N-dealkylation sites (N-methyl/N-ethyl adjacent to an activating group) is 2. The number of fused-ring (bicyclic) bond motifs is 1. The minimum atomic E-state index is -0.241. The number of hydrogen-bond donors (Lipinski definition) is 2.